The topological polar surface area (TPSA) is 39.4 Å². The molecule has 0 bridgehead atoms. The molecule has 28 rings (SSSR count). The van der Waals surface area contributed by atoms with Gasteiger partial charge in [-0.3, -0.25) is 0 Å². The second kappa shape index (κ2) is 36.3. The van der Waals surface area contributed by atoms with Crippen LogP contribution in [-0.2, 0) is 0 Å². The van der Waals surface area contributed by atoms with Crippen LogP contribution in [0.3, 0.4) is 0 Å². The Labute approximate surface area is 817 Å². The van der Waals surface area contributed by atoms with Gasteiger partial charge in [-0.15, -0.1) is 0 Å². The van der Waals surface area contributed by atoms with E-state index in [4.69, 9.17) is 17.4 Å². The summed E-state index contributed by atoms with van der Waals surface area (Å²) < 4.78 is 37.0. The van der Waals surface area contributed by atoms with Crippen molar-refractivity contribution in [2.24, 2.45) is 0 Å². The summed E-state index contributed by atoms with van der Waals surface area (Å²) in [5.41, 5.74) is 32.1. The van der Waals surface area contributed by atoms with Gasteiger partial charge in [-0.05, 0) is 241 Å². The number of benzene rings is 25. The quantitative estimate of drug-likeness (QED) is 0.121. The minimum atomic E-state index is 0.900. The molecule has 0 radical (unpaired) electrons. The molecule has 662 valence electrons. The Morgan fingerprint density at radius 3 is 0.800 bits per heavy atom. The summed E-state index contributed by atoms with van der Waals surface area (Å²) in [6.45, 7) is 0. The molecule has 0 aliphatic rings. The lowest BCUT2D eigenvalue weighted by Crippen LogP contribution is -1.92. The Morgan fingerprint density at radius 1 is 0.121 bits per heavy atom. The molecule has 0 aliphatic heterocycles. The molecule has 28 aromatic rings. The lowest BCUT2D eigenvalue weighted by molar-refractivity contribution is 0.669. The third kappa shape index (κ3) is 14.9. The average Bonchev–Trinajstić information content (AvgIpc) is 1.49. The van der Waals surface area contributed by atoms with Gasteiger partial charge in [-0.2, -0.15) is 0 Å². The third-order valence-corrected chi connectivity index (χ3v) is 28.0. The van der Waals surface area contributed by atoms with Crippen LogP contribution in [0.25, 0.3) is 274 Å². The highest BCUT2D eigenvalue weighted by atomic mass is 16.3. The van der Waals surface area contributed by atoms with Crippen molar-refractivity contribution in [3.05, 3.63) is 510 Å². The van der Waals surface area contributed by atoms with E-state index in [1.54, 1.807) is 0 Å². The first-order chi connectivity index (χ1) is 71.0. The first-order valence-corrected chi connectivity index (χ1v) is 47.1. The molecule has 3 aromatic heterocycles. The van der Waals surface area contributed by atoms with E-state index in [1.807, 2.05) is 12.1 Å². The maximum atomic E-state index is 6.75. The fourth-order valence-corrected chi connectivity index (χ4v) is 21.7. The molecule has 0 atom stereocenters. The van der Waals surface area contributed by atoms with Gasteiger partial charge >= 0.3 is 0 Å². The van der Waals surface area contributed by atoms with Gasteiger partial charge in [-0.25, -0.2) is 0 Å². The maximum Gasteiger partial charge on any atom is 0.143 e. The lowest BCUT2D eigenvalue weighted by atomic mass is 9.84. The largest absolute Gasteiger partial charge is 0.456 e. The molecule has 0 amide bonds. The van der Waals surface area contributed by atoms with Gasteiger partial charge < -0.3 is 13.3 Å². The second-order valence-corrected chi connectivity index (χ2v) is 35.7. The van der Waals surface area contributed by atoms with E-state index >= 15 is 0 Å². The number of rotatable bonds is 11. The molecule has 0 saturated carbocycles. The van der Waals surface area contributed by atoms with Crippen LogP contribution < -0.4 is 0 Å². The highest BCUT2D eigenvalue weighted by Gasteiger charge is 2.27. The summed E-state index contributed by atoms with van der Waals surface area (Å²) in [6, 6.07) is 183. The second-order valence-electron chi connectivity index (χ2n) is 35.7. The Balaban J connectivity index is 0.000000117. The Bertz CT molecular complexity index is 9470. The summed E-state index contributed by atoms with van der Waals surface area (Å²) in [6.07, 6.45) is 0. The number of fused-ring (bicyclic) bond motifs is 17. The van der Waals surface area contributed by atoms with Crippen LogP contribution in [0.4, 0.5) is 0 Å². The molecule has 25 aromatic carbocycles. The summed E-state index contributed by atoms with van der Waals surface area (Å²) in [7, 11) is 3.75. The molecular weight excluding hydrogens is 1690 g/mol. The number of para-hydroxylation sites is 3. The number of hydrogen-bond donors (Lipinski definition) is 0. The SMILES string of the molecule is [2H]C.[2H]C.[2H]C.c1ccc(-c2ccc(-c3c4ccccc4c(-c4ccc5c(c4)oc4ccccc45)c4ccccc34)cc2)cc1.c1ccc(-c2ccc3c(-c4c5ccccc5c(-c5cccc6c5oc5ccc(-c7ccccc7)cc56)c5ccccc45)cccc3c2)cc1.c1ccc(-c2ccc3cccc(-c4c5ccccc5c(-c5cccc6c5oc5ccc(-c7ccccc7)cc56)c5ccccc45)c3c2)cc1. The predicted octanol–water partition coefficient (Wildman–Crippen LogP) is 40.2. The zero-order valence-electron chi connectivity index (χ0n) is 80.7. The molecule has 0 aliphatic carbocycles. The van der Waals surface area contributed by atoms with Gasteiger partial charge in [-0.1, -0.05) is 477 Å². The first kappa shape index (κ1) is 82.6. The van der Waals surface area contributed by atoms with Gasteiger partial charge in [0.05, 0.1) is 0 Å². The van der Waals surface area contributed by atoms with Crippen LogP contribution >= 0.6 is 0 Å². The van der Waals surface area contributed by atoms with E-state index in [0.29, 0.717) is 0 Å². The highest BCUT2D eigenvalue weighted by Crippen LogP contribution is 2.53. The van der Waals surface area contributed by atoms with Gasteiger partial charge in [0.25, 0.3) is 0 Å². The van der Waals surface area contributed by atoms with Crippen LogP contribution in [-0.4, -0.2) is 0 Å². The zero-order chi connectivity index (χ0) is 96.4. The van der Waals surface area contributed by atoms with Crippen LogP contribution in [0.1, 0.15) is 26.3 Å². The molecule has 0 N–H and O–H groups in total. The number of furan rings is 3. The van der Waals surface area contributed by atoms with Crippen LogP contribution in [0, 0.1) is 0 Å². The van der Waals surface area contributed by atoms with Crippen LogP contribution in [0.15, 0.2) is 523 Å². The minimum absolute atomic E-state index is 0.900. The standard InChI is InChI=1S/2C48H30O.C38H24O.3CH4/c1-3-13-31(14-4-1)33-25-27-36-35(29-33)17-11-22-37(36)46-38-18-7-9-20-40(38)47(41-21-10-8-19-39(41)46)43-24-12-23-42-44-30-34(32-15-5-2-6-16-32)26-28-45(44)49-48(42)43;1-3-13-31(14-4-1)34-26-25-33-17-11-22-40(43(33)29-34)46-36-18-7-9-20-38(36)47(39-21-10-8-19-37(39)46)42-24-12-23-41-44-30-35(32-15-5-2-6-16-32)27-28-45(44)49-48(41)42;1-2-10-25(11-3-1)26-18-20-27(21-19-26)37-31-13-4-6-15-33(31)38(34-16-7-5-14-32(34)37)28-22-23-30-29-12-8-9-17-35(29)39-36(30)24-28;;;/h2*1-30H;1-24H;3*1H4/i;;;3*1D. The van der Waals surface area contributed by atoms with E-state index in [1.165, 1.54) is 220 Å². The van der Waals surface area contributed by atoms with Crippen molar-refractivity contribution in [2.75, 3.05) is 0 Å². The molecule has 3 nitrogen and oxygen atoms in total. The number of hydrogen-bond acceptors (Lipinski definition) is 3. The molecule has 140 heavy (non-hydrogen) atoms. The van der Waals surface area contributed by atoms with Crippen molar-refractivity contribution in [2.45, 2.75) is 22.2 Å². The van der Waals surface area contributed by atoms with Gasteiger partial charge in [0, 0.05) is 58.7 Å². The smallest absolute Gasteiger partial charge is 0.143 e. The molecule has 0 fully saturated rings. The summed E-state index contributed by atoms with van der Waals surface area (Å²) in [4.78, 5) is 0. The van der Waals surface area contributed by atoms with Crippen molar-refractivity contribution < 1.29 is 17.4 Å². The van der Waals surface area contributed by atoms with Crippen LogP contribution in [0.2, 0.25) is 0 Å². The van der Waals surface area contributed by atoms with E-state index < -0.39 is 0 Å². The van der Waals surface area contributed by atoms with Crippen LogP contribution in [0.5, 0.6) is 0 Å². The third-order valence-electron chi connectivity index (χ3n) is 28.0. The molecule has 0 spiro atoms. The fraction of sp³-hybridized carbons (Fsp3) is 0.0219. The predicted molar refractivity (Wildman–Crippen MR) is 601 cm³/mol. The molecule has 0 saturated heterocycles. The van der Waals surface area contributed by atoms with E-state index in [2.05, 4.69) is 497 Å². The van der Waals surface area contributed by atoms with Crippen molar-refractivity contribution in [1.29, 1.82) is 0 Å². The van der Waals surface area contributed by atoms with Crippen molar-refractivity contribution in [3.63, 3.8) is 0 Å². The molecule has 0 unspecified atom stereocenters. The van der Waals surface area contributed by atoms with Crippen molar-refractivity contribution in [1.82, 2.24) is 0 Å². The molecule has 3 heteroatoms. The summed E-state index contributed by atoms with van der Waals surface area (Å²) in [5, 5.41) is 26.6. The van der Waals surface area contributed by atoms with Gasteiger partial charge in [0.15, 0.2) is 0 Å². The Kier molecular flexibility index (Phi) is 21.4. The zero-order valence-corrected chi connectivity index (χ0v) is 77.7. The lowest BCUT2D eigenvalue weighted by Gasteiger charge is -2.19. The summed E-state index contributed by atoms with van der Waals surface area (Å²) in [5.74, 6) is 0. The Morgan fingerprint density at radius 2 is 0.379 bits per heavy atom. The monoisotopic (exact) mass is 1790 g/mol. The average molecular weight is 1790 g/mol. The fourth-order valence-electron chi connectivity index (χ4n) is 21.7. The van der Waals surface area contributed by atoms with Gasteiger partial charge in [0.2, 0.25) is 0 Å². The molecule has 3 heterocycles. The highest BCUT2D eigenvalue weighted by molar-refractivity contribution is 6.29. The van der Waals surface area contributed by atoms with E-state index in [9.17, 15) is 0 Å². The molecular formula is C137H96O3. The van der Waals surface area contributed by atoms with Crippen molar-refractivity contribution >= 4 is 152 Å². The van der Waals surface area contributed by atoms with Gasteiger partial charge in [0.1, 0.15) is 33.5 Å². The normalized spacial score (nSPS) is 11.6. The Hall–Kier alpha value is -18.0. The first-order valence-electron chi connectivity index (χ1n) is 50.1. The summed E-state index contributed by atoms with van der Waals surface area (Å²) >= 11 is 0. The minimum Gasteiger partial charge on any atom is -0.456 e. The van der Waals surface area contributed by atoms with Crippen molar-refractivity contribution in [3.8, 4) is 122 Å². The van der Waals surface area contributed by atoms with E-state index in [0.717, 1.165) is 76.9 Å². The van der Waals surface area contributed by atoms with E-state index in [-0.39, 0.29) is 0 Å². The maximum absolute atomic E-state index is 6.75.